The predicted octanol–water partition coefficient (Wildman–Crippen LogP) is 3.81. The zero-order valence-electron chi connectivity index (χ0n) is 17.9. The summed E-state index contributed by atoms with van der Waals surface area (Å²) in [5, 5.41) is 11.3. The van der Waals surface area contributed by atoms with Crippen molar-refractivity contribution in [1.82, 2.24) is 25.0 Å². The predicted molar refractivity (Wildman–Crippen MR) is 122 cm³/mol. The summed E-state index contributed by atoms with van der Waals surface area (Å²) < 4.78 is 0. The molecule has 0 unspecified atom stereocenters. The molecule has 0 radical (unpaired) electrons. The van der Waals surface area contributed by atoms with Gasteiger partial charge >= 0.3 is 6.03 Å². The molecule has 3 aromatic rings. The topological polar surface area (TPSA) is 65.5 Å². The van der Waals surface area contributed by atoms with E-state index >= 15 is 0 Å². The fourth-order valence-electron chi connectivity index (χ4n) is 4.74. The van der Waals surface area contributed by atoms with E-state index in [0.29, 0.717) is 13.1 Å². The first-order chi connectivity index (χ1) is 15.2. The summed E-state index contributed by atoms with van der Waals surface area (Å²) in [7, 11) is 0. The number of hydrogen-bond acceptors (Lipinski definition) is 5. The highest BCUT2D eigenvalue weighted by Gasteiger charge is 2.31. The van der Waals surface area contributed by atoms with Gasteiger partial charge in [-0.1, -0.05) is 30.3 Å². The number of fused-ring (bicyclic) bond motifs is 1. The van der Waals surface area contributed by atoms with E-state index in [0.717, 1.165) is 60.3 Å². The number of benzene rings is 1. The molecule has 0 saturated carbocycles. The maximum Gasteiger partial charge on any atom is 0.320 e. The van der Waals surface area contributed by atoms with E-state index in [9.17, 15) is 4.79 Å². The third kappa shape index (κ3) is 3.80. The molecular formula is C24H28N6O. The van der Waals surface area contributed by atoms with Gasteiger partial charge in [-0.05, 0) is 32.3 Å². The SMILES string of the molecule is C[C@@H]1CN(C(=O)N2CCCCC2)CCN1c1nnc(-c2ccccc2)c2ccncc12. The Morgan fingerprint density at radius 2 is 1.71 bits per heavy atom. The molecular weight excluding hydrogens is 388 g/mol. The molecule has 2 aliphatic rings. The van der Waals surface area contributed by atoms with Crippen molar-refractivity contribution in [3.05, 3.63) is 48.8 Å². The minimum atomic E-state index is 0.155. The molecule has 2 amide bonds. The highest BCUT2D eigenvalue weighted by Crippen LogP contribution is 2.32. The van der Waals surface area contributed by atoms with E-state index in [4.69, 9.17) is 0 Å². The summed E-state index contributed by atoms with van der Waals surface area (Å²) in [6.07, 6.45) is 7.14. The average Bonchev–Trinajstić information content (AvgIpc) is 2.84. The van der Waals surface area contributed by atoms with E-state index in [-0.39, 0.29) is 12.1 Å². The molecule has 2 saturated heterocycles. The fourth-order valence-corrected chi connectivity index (χ4v) is 4.74. The van der Waals surface area contributed by atoms with Gasteiger partial charge in [0.2, 0.25) is 0 Å². The summed E-state index contributed by atoms with van der Waals surface area (Å²) in [4.78, 5) is 23.6. The molecule has 0 bridgehead atoms. The van der Waals surface area contributed by atoms with Gasteiger partial charge in [0.05, 0.1) is 0 Å². The molecule has 4 heterocycles. The summed E-state index contributed by atoms with van der Waals surface area (Å²) in [5.74, 6) is 0.848. The average molecular weight is 417 g/mol. The summed E-state index contributed by atoms with van der Waals surface area (Å²) in [6.45, 7) is 6.06. The molecule has 2 fully saturated rings. The molecule has 2 aromatic heterocycles. The second-order valence-electron chi connectivity index (χ2n) is 8.48. The van der Waals surface area contributed by atoms with Gasteiger partial charge in [-0.2, -0.15) is 0 Å². The van der Waals surface area contributed by atoms with Crippen molar-refractivity contribution in [3.8, 4) is 11.3 Å². The number of piperidine rings is 1. The Morgan fingerprint density at radius 1 is 0.903 bits per heavy atom. The molecule has 7 heteroatoms. The van der Waals surface area contributed by atoms with Crippen LogP contribution < -0.4 is 4.90 Å². The van der Waals surface area contributed by atoms with Gasteiger partial charge in [0.15, 0.2) is 5.82 Å². The maximum atomic E-state index is 13.0. The lowest BCUT2D eigenvalue weighted by molar-refractivity contribution is 0.135. The first-order valence-electron chi connectivity index (χ1n) is 11.2. The first-order valence-corrected chi connectivity index (χ1v) is 11.2. The van der Waals surface area contributed by atoms with Crippen molar-refractivity contribution in [3.63, 3.8) is 0 Å². The van der Waals surface area contributed by atoms with E-state index < -0.39 is 0 Å². The highest BCUT2D eigenvalue weighted by molar-refractivity contribution is 5.99. The van der Waals surface area contributed by atoms with Crippen molar-refractivity contribution in [2.24, 2.45) is 0 Å². The zero-order chi connectivity index (χ0) is 21.2. The van der Waals surface area contributed by atoms with E-state index in [1.807, 2.05) is 40.3 Å². The van der Waals surface area contributed by atoms with Gasteiger partial charge in [0, 0.05) is 67.5 Å². The molecule has 0 N–H and O–H groups in total. The molecule has 0 aliphatic carbocycles. The van der Waals surface area contributed by atoms with Crippen LogP contribution in [-0.2, 0) is 0 Å². The fraction of sp³-hybridized carbons (Fsp3) is 0.417. The molecule has 31 heavy (non-hydrogen) atoms. The Hall–Kier alpha value is -3.22. The summed E-state index contributed by atoms with van der Waals surface area (Å²) in [5.41, 5.74) is 1.91. The second-order valence-corrected chi connectivity index (χ2v) is 8.48. The van der Waals surface area contributed by atoms with E-state index in [2.05, 4.69) is 39.1 Å². The Bertz CT molecular complexity index is 1070. The van der Waals surface area contributed by atoms with Crippen molar-refractivity contribution in [2.45, 2.75) is 32.2 Å². The van der Waals surface area contributed by atoms with Crippen LogP contribution in [-0.4, -0.2) is 69.8 Å². The lowest BCUT2D eigenvalue weighted by Gasteiger charge is -2.42. The molecule has 0 spiro atoms. The Balaban J connectivity index is 1.41. The van der Waals surface area contributed by atoms with Crippen molar-refractivity contribution >= 4 is 22.6 Å². The third-order valence-corrected chi connectivity index (χ3v) is 6.41. The smallest absolute Gasteiger partial charge is 0.320 e. The maximum absolute atomic E-state index is 13.0. The molecule has 7 nitrogen and oxygen atoms in total. The largest absolute Gasteiger partial charge is 0.348 e. The van der Waals surface area contributed by atoms with Gasteiger partial charge in [-0.3, -0.25) is 4.98 Å². The molecule has 5 rings (SSSR count). The first kappa shape index (κ1) is 19.7. The van der Waals surface area contributed by atoms with Crippen molar-refractivity contribution in [2.75, 3.05) is 37.6 Å². The quantitative estimate of drug-likeness (QED) is 0.636. The molecule has 160 valence electrons. The monoisotopic (exact) mass is 416 g/mol. The number of likely N-dealkylation sites (tertiary alicyclic amines) is 1. The van der Waals surface area contributed by atoms with Crippen LogP contribution in [0.4, 0.5) is 10.6 Å². The number of carbonyl (C=O) groups excluding carboxylic acids is 1. The normalized spacial score (nSPS) is 19.6. The standard InChI is InChI=1S/C24H28N6O/c1-18-17-29(24(31)28-12-6-3-7-13-28)14-15-30(18)23-21-16-25-11-10-20(21)22(26-27-23)19-8-4-2-5-9-19/h2,4-5,8-11,16,18H,3,6-7,12-15,17H2,1H3/t18-/m1/s1. The van der Waals surface area contributed by atoms with Crippen molar-refractivity contribution < 1.29 is 4.79 Å². The van der Waals surface area contributed by atoms with Gasteiger partial charge in [0.25, 0.3) is 0 Å². The Morgan fingerprint density at radius 3 is 2.48 bits per heavy atom. The van der Waals surface area contributed by atoms with E-state index in [1.54, 1.807) is 6.20 Å². The number of aromatic nitrogens is 3. The number of rotatable bonds is 2. The highest BCUT2D eigenvalue weighted by atomic mass is 16.2. The van der Waals surface area contributed by atoms with Crippen molar-refractivity contribution in [1.29, 1.82) is 0 Å². The number of piperazine rings is 1. The second kappa shape index (κ2) is 8.49. The van der Waals surface area contributed by atoms with Gasteiger partial charge in [-0.25, -0.2) is 4.79 Å². The summed E-state index contributed by atoms with van der Waals surface area (Å²) >= 11 is 0. The van der Waals surface area contributed by atoms with Crippen LogP contribution in [0, 0.1) is 0 Å². The third-order valence-electron chi connectivity index (χ3n) is 6.41. The van der Waals surface area contributed by atoms with Gasteiger partial charge < -0.3 is 14.7 Å². The van der Waals surface area contributed by atoms with Crippen LogP contribution in [0.15, 0.2) is 48.8 Å². The van der Waals surface area contributed by atoms with E-state index in [1.165, 1.54) is 6.42 Å². The minimum absolute atomic E-state index is 0.155. The van der Waals surface area contributed by atoms with Crippen LogP contribution in [0.5, 0.6) is 0 Å². The Labute approximate surface area is 182 Å². The molecule has 1 atom stereocenters. The summed E-state index contributed by atoms with van der Waals surface area (Å²) in [6, 6.07) is 12.5. The van der Waals surface area contributed by atoms with Gasteiger partial charge in [0.1, 0.15) is 5.69 Å². The number of anilines is 1. The van der Waals surface area contributed by atoms with Crippen LogP contribution >= 0.6 is 0 Å². The number of urea groups is 1. The molecule has 2 aliphatic heterocycles. The van der Waals surface area contributed by atoms with Crippen LogP contribution in [0.25, 0.3) is 22.0 Å². The Kier molecular flexibility index (Phi) is 5.40. The number of carbonyl (C=O) groups is 1. The number of pyridine rings is 1. The number of hydrogen-bond donors (Lipinski definition) is 0. The zero-order valence-corrected chi connectivity index (χ0v) is 17.9. The minimum Gasteiger partial charge on any atom is -0.348 e. The van der Waals surface area contributed by atoms with Crippen LogP contribution in [0.2, 0.25) is 0 Å². The van der Waals surface area contributed by atoms with Gasteiger partial charge in [-0.15, -0.1) is 10.2 Å². The van der Waals surface area contributed by atoms with Crippen LogP contribution in [0.3, 0.4) is 0 Å². The number of nitrogens with zero attached hydrogens (tertiary/aromatic N) is 6. The molecule has 1 aromatic carbocycles. The number of amides is 2. The van der Waals surface area contributed by atoms with Crippen LogP contribution in [0.1, 0.15) is 26.2 Å². The lowest BCUT2D eigenvalue weighted by Crippen LogP contribution is -2.57. The lowest BCUT2D eigenvalue weighted by atomic mass is 10.1.